The molecule has 1 aliphatic heterocycles. The Morgan fingerprint density at radius 1 is 1.03 bits per heavy atom. The molecule has 0 atom stereocenters. The van der Waals surface area contributed by atoms with Gasteiger partial charge in [-0.1, -0.05) is 18.2 Å². The van der Waals surface area contributed by atoms with Crippen LogP contribution in [0.5, 0.6) is 5.75 Å². The summed E-state index contributed by atoms with van der Waals surface area (Å²) in [6.07, 6.45) is 6.24. The number of aromatic nitrogens is 4. The van der Waals surface area contributed by atoms with Gasteiger partial charge in [0.25, 0.3) is 5.56 Å². The predicted molar refractivity (Wildman–Crippen MR) is 136 cm³/mol. The zero-order valence-corrected chi connectivity index (χ0v) is 21.3. The van der Waals surface area contributed by atoms with Crippen LogP contribution < -0.4 is 16.0 Å². The molecule has 35 heavy (non-hydrogen) atoms. The van der Waals surface area contributed by atoms with E-state index in [0.29, 0.717) is 56.0 Å². The van der Waals surface area contributed by atoms with Crippen LogP contribution in [-0.2, 0) is 30.2 Å². The average Bonchev–Trinajstić information content (AvgIpc) is 3.15. The number of nitrogens with zero attached hydrogens (tertiary/aromatic N) is 5. The Morgan fingerprint density at radius 2 is 1.66 bits per heavy atom. The maximum atomic E-state index is 12.8. The molecule has 0 N–H and O–H groups in total. The van der Waals surface area contributed by atoms with E-state index in [-0.39, 0.29) is 17.4 Å². The summed E-state index contributed by atoms with van der Waals surface area (Å²) in [5.41, 5.74) is 1.03. The van der Waals surface area contributed by atoms with Gasteiger partial charge < -0.3 is 9.30 Å². The van der Waals surface area contributed by atoms with Crippen LogP contribution in [0.15, 0.2) is 33.9 Å². The SMILES string of the molecule is CCn1c(=O)c2c(nc(C=Cc3ccc(OC4CCN(S(C)(=O)=O)CC4)cc3)n2C)n(CC)c1=O. The number of imidazole rings is 1. The van der Waals surface area contributed by atoms with Crippen molar-refractivity contribution in [3.8, 4) is 5.75 Å². The monoisotopic (exact) mass is 501 g/mol. The first-order chi connectivity index (χ1) is 16.6. The predicted octanol–water partition coefficient (Wildman–Crippen LogP) is 1.91. The molecule has 3 aromatic rings. The molecule has 11 heteroatoms. The second-order valence-corrected chi connectivity index (χ2v) is 10.6. The molecule has 0 bridgehead atoms. The first-order valence-corrected chi connectivity index (χ1v) is 13.6. The molecule has 2 aromatic heterocycles. The maximum absolute atomic E-state index is 12.8. The Bertz CT molecular complexity index is 1470. The highest BCUT2D eigenvalue weighted by Crippen LogP contribution is 2.21. The lowest BCUT2D eigenvalue weighted by atomic mass is 10.1. The molecule has 0 aliphatic carbocycles. The van der Waals surface area contributed by atoms with Gasteiger partial charge >= 0.3 is 5.69 Å². The summed E-state index contributed by atoms with van der Waals surface area (Å²) in [4.78, 5) is 30.0. The number of hydrogen-bond acceptors (Lipinski definition) is 6. The molecule has 0 radical (unpaired) electrons. The fraction of sp³-hybridized carbons (Fsp3) is 0.458. The topological polar surface area (TPSA) is 108 Å². The number of rotatable bonds is 7. The third-order valence-electron chi connectivity index (χ3n) is 6.39. The Balaban J connectivity index is 1.50. The summed E-state index contributed by atoms with van der Waals surface area (Å²) in [5, 5.41) is 0. The largest absolute Gasteiger partial charge is 0.490 e. The lowest BCUT2D eigenvalue weighted by Gasteiger charge is -2.30. The lowest BCUT2D eigenvalue weighted by Crippen LogP contribution is -2.41. The van der Waals surface area contributed by atoms with Crippen molar-refractivity contribution in [1.29, 1.82) is 0 Å². The summed E-state index contributed by atoms with van der Waals surface area (Å²) in [6, 6.07) is 7.61. The Hall–Kier alpha value is -3.18. The number of ether oxygens (including phenoxy) is 1. The van der Waals surface area contributed by atoms with E-state index in [2.05, 4.69) is 4.98 Å². The third kappa shape index (κ3) is 4.96. The van der Waals surface area contributed by atoms with Gasteiger partial charge in [-0.2, -0.15) is 0 Å². The second kappa shape index (κ2) is 9.82. The second-order valence-electron chi connectivity index (χ2n) is 8.66. The van der Waals surface area contributed by atoms with Crippen LogP contribution in [-0.4, -0.2) is 56.9 Å². The van der Waals surface area contributed by atoms with Gasteiger partial charge in [0.15, 0.2) is 11.2 Å². The molecular formula is C24H31N5O5S. The number of sulfonamides is 1. The fourth-order valence-corrected chi connectivity index (χ4v) is 5.27. The van der Waals surface area contributed by atoms with Gasteiger partial charge in [0, 0.05) is 33.2 Å². The molecule has 0 spiro atoms. The summed E-state index contributed by atoms with van der Waals surface area (Å²) < 4.78 is 35.3. The molecule has 1 aliphatic rings. The molecule has 0 saturated carbocycles. The highest BCUT2D eigenvalue weighted by atomic mass is 32.2. The van der Waals surface area contributed by atoms with Gasteiger partial charge in [0.2, 0.25) is 10.0 Å². The van der Waals surface area contributed by atoms with Crippen molar-refractivity contribution >= 4 is 33.3 Å². The minimum atomic E-state index is -3.15. The molecule has 4 rings (SSSR count). The first-order valence-electron chi connectivity index (χ1n) is 11.7. The Morgan fingerprint density at radius 3 is 2.23 bits per heavy atom. The molecule has 188 valence electrons. The van der Waals surface area contributed by atoms with E-state index in [1.165, 1.54) is 19.7 Å². The van der Waals surface area contributed by atoms with Crippen LogP contribution in [0, 0.1) is 0 Å². The Labute approximate surface area is 204 Å². The van der Waals surface area contributed by atoms with Crippen molar-refractivity contribution in [2.45, 2.75) is 45.9 Å². The average molecular weight is 502 g/mol. The normalized spacial score (nSPS) is 15.9. The van der Waals surface area contributed by atoms with E-state index in [9.17, 15) is 18.0 Å². The number of benzene rings is 1. The molecule has 0 unspecified atom stereocenters. The summed E-state index contributed by atoms with van der Waals surface area (Å²) in [5.74, 6) is 1.31. The van der Waals surface area contributed by atoms with Gasteiger partial charge in [0.1, 0.15) is 17.7 Å². The highest BCUT2D eigenvalue weighted by molar-refractivity contribution is 7.88. The molecule has 1 aromatic carbocycles. The van der Waals surface area contributed by atoms with Crippen molar-refractivity contribution in [2.24, 2.45) is 7.05 Å². The van der Waals surface area contributed by atoms with Gasteiger partial charge in [0.05, 0.1) is 6.26 Å². The van der Waals surface area contributed by atoms with Crippen molar-refractivity contribution < 1.29 is 13.2 Å². The van der Waals surface area contributed by atoms with Crippen LogP contribution in [0.2, 0.25) is 0 Å². The van der Waals surface area contributed by atoms with Gasteiger partial charge in [-0.3, -0.25) is 13.9 Å². The minimum absolute atomic E-state index is 0.0160. The summed E-state index contributed by atoms with van der Waals surface area (Å²) in [6.45, 7) is 5.29. The Kier molecular flexibility index (Phi) is 7.00. The zero-order chi connectivity index (χ0) is 25.3. The van der Waals surface area contributed by atoms with Crippen molar-refractivity contribution in [2.75, 3.05) is 19.3 Å². The van der Waals surface area contributed by atoms with Crippen molar-refractivity contribution in [3.63, 3.8) is 0 Å². The lowest BCUT2D eigenvalue weighted by molar-refractivity contribution is 0.135. The van der Waals surface area contributed by atoms with Crippen LogP contribution in [0.25, 0.3) is 23.3 Å². The van der Waals surface area contributed by atoms with Gasteiger partial charge in [-0.05, 0) is 50.5 Å². The molecule has 3 heterocycles. The van der Waals surface area contributed by atoms with E-state index >= 15 is 0 Å². The van der Waals surface area contributed by atoms with Crippen LogP contribution in [0.1, 0.15) is 38.1 Å². The zero-order valence-electron chi connectivity index (χ0n) is 20.5. The maximum Gasteiger partial charge on any atom is 0.332 e. The third-order valence-corrected chi connectivity index (χ3v) is 7.69. The van der Waals surface area contributed by atoms with Crippen molar-refractivity contribution in [3.05, 3.63) is 56.5 Å². The van der Waals surface area contributed by atoms with E-state index in [4.69, 9.17) is 4.74 Å². The van der Waals surface area contributed by atoms with Crippen LogP contribution in [0.4, 0.5) is 0 Å². The fourth-order valence-electron chi connectivity index (χ4n) is 4.39. The number of hydrogen-bond donors (Lipinski definition) is 0. The van der Waals surface area contributed by atoms with Crippen LogP contribution in [0.3, 0.4) is 0 Å². The smallest absolute Gasteiger partial charge is 0.332 e. The van der Waals surface area contributed by atoms with Gasteiger partial charge in [-0.15, -0.1) is 0 Å². The first kappa shape index (κ1) is 24.9. The number of piperidine rings is 1. The molecule has 10 nitrogen and oxygen atoms in total. The van der Waals surface area contributed by atoms with Gasteiger partial charge in [-0.25, -0.2) is 22.5 Å². The van der Waals surface area contributed by atoms with Crippen LogP contribution >= 0.6 is 0 Å². The molecule has 1 saturated heterocycles. The van der Waals surface area contributed by atoms with E-state index in [1.54, 1.807) is 18.5 Å². The number of aryl methyl sites for hydroxylation is 2. The van der Waals surface area contributed by atoms with Crippen molar-refractivity contribution in [1.82, 2.24) is 23.0 Å². The number of fused-ring (bicyclic) bond motifs is 1. The molecule has 1 fully saturated rings. The molecular weight excluding hydrogens is 470 g/mol. The van der Waals surface area contributed by atoms with E-state index < -0.39 is 10.0 Å². The van der Waals surface area contributed by atoms with E-state index in [1.807, 2.05) is 43.3 Å². The van der Waals surface area contributed by atoms with E-state index in [0.717, 1.165) is 11.3 Å². The quantitative estimate of drug-likeness (QED) is 0.489. The summed E-state index contributed by atoms with van der Waals surface area (Å²) >= 11 is 0. The summed E-state index contributed by atoms with van der Waals surface area (Å²) in [7, 11) is -1.38. The molecule has 0 amide bonds. The minimum Gasteiger partial charge on any atom is -0.490 e. The highest BCUT2D eigenvalue weighted by Gasteiger charge is 2.25. The standard InChI is InChI=1S/C24H31N5O5S/c1-5-28-22-21(23(30)29(6-2)24(28)31)26(3)20(25-22)12-9-17-7-10-18(11-8-17)34-19-13-15-27(16-14-19)35(4,32)33/h7-12,19H,5-6,13-16H2,1-4H3.